The summed E-state index contributed by atoms with van der Waals surface area (Å²) < 4.78 is 11.6. The summed E-state index contributed by atoms with van der Waals surface area (Å²) in [5.41, 5.74) is -1.17. The fourth-order valence-corrected chi connectivity index (χ4v) is 8.81. The third kappa shape index (κ3) is 2.07. The van der Waals surface area contributed by atoms with E-state index in [1.165, 1.54) is 12.3 Å². The molecule has 1 spiro atoms. The monoisotopic (exact) mass is 416 g/mol. The molecule has 6 rings (SSSR count). The molecular weight excluding hydrogens is 384 g/mol. The summed E-state index contributed by atoms with van der Waals surface area (Å²) >= 11 is 0. The highest BCUT2D eigenvalue weighted by Gasteiger charge is 2.84. The van der Waals surface area contributed by atoms with Crippen LogP contribution in [0.15, 0.2) is 27.6 Å². The highest BCUT2D eigenvalue weighted by atomic mass is 16.6. The molecule has 0 amide bonds. The fraction of sp³-hybridized carbons (Fsp3) is 0.792. The van der Waals surface area contributed by atoms with Gasteiger partial charge in [-0.3, -0.25) is 0 Å². The van der Waals surface area contributed by atoms with Crippen molar-refractivity contribution in [2.24, 2.45) is 22.7 Å². The molecule has 164 valence electrons. The second-order valence-electron chi connectivity index (χ2n) is 11.2. The van der Waals surface area contributed by atoms with Crippen molar-refractivity contribution >= 4 is 0 Å². The van der Waals surface area contributed by atoms with Crippen LogP contribution in [0.1, 0.15) is 70.3 Å². The van der Waals surface area contributed by atoms with Crippen molar-refractivity contribution in [3.63, 3.8) is 0 Å². The summed E-state index contributed by atoms with van der Waals surface area (Å²) in [6.45, 7) is 4.46. The summed E-state index contributed by atoms with van der Waals surface area (Å²) in [7, 11) is 0. The van der Waals surface area contributed by atoms with E-state index in [2.05, 4.69) is 13.8 Å². The van der Waals surface area contributed by atoms with Crippen molar-refractivity contribution in [3.8, 4) is 0 Å². The van der Waals surface area contributed by atoms with Crippen LogP contribution < -0.4 is 5.63 Å². The molecule has 0 radical (unpaired) electrons. The molecule has 0 unspecified atom stereocenters. The molecule has 1 saturated heterocycles. The van der Waals surface area contributed by atoms with Crippen LogP contribution in [0.25, 0.3) is 0 Å². The largest absolute Gasteiger partial charge is 0.431 e. The molecule has 1 aromatic heterocycles. The van der Waals surface area contributed by atoms with Crippen LogP contribution in [-0.4, -0.2) is 44.8 Å². The van der Waals surface area contributed by atoms with E-state index in [1.807, 2.05) is 0 Å². The quantitative estimate of drug-likeness (QED) is 0.607. The molecule has 5 aliphatic rings. The van der Waals surface area contributed by atoms with E-state index in [0.29, 0.717) is 18.8 Å². The summed E-state index contributed by atoms with van der Waals surface area (Å²) in [5.74, 6) is 0.488. The minimum absolute atomic E-state index is 0.122. The van der Waals surface area contributed by atoms with E-state index in [4.69, 9.17) is 9.15 Å². The second-order valence-corrected chi connectivity index (χ2v) is 11.2. The van der Waals surface area contributed by atoms with Crippen LogP contribution in [0.3, 0.4) is 0 Å². The van der Waals surface area contributed by atoms with Crippen LogP contribution >= 0.6 is 0 Å². The third-order valence-electron chi connectivity index (χ3n) is 10.3. The summed E-state index contributed by atoms with van der Waals surface area (Å²) in [6, 6.07) is 3.22. The van der Waals surface area contributed by atoms with E-state index in [9.17, 15) is 20.1 Å². The van der Waals surface area contributed by atoms with Crippen molar-refractivity contribution in [2.75, 3.05) is 0 Å². The minimum atomic E-state index is -0.819. The van der Waals surface area contributed by atoms with Gasteiger partial charge in [0.05, 0.1) is 24.1 Å². The number of hydrogen-bond donors (Lipinski definition) is 3. The maximum atomic E-state index is 11.6. The molecule has 2 heterocycles. The van der Waals surface area contributed by atoms with Crippen LogP contribution in [0.5, 0.6) is 0 Å². The number of aliphatic hydroxyl groups excluding tert-OH is 2. The number of aliphatic hydroxyl groups is 3. The molecule has 1 aromatic rings. The number of epoxide rings is 1. The van der Waals surface area contributed by atoms with Crippen molar-refractivity contribution in [3.05, 3.63) is 34.4 Å². The highest BCUT2D eigenvalue weighted by Crippen LogP contribution is 2.78. The van der Waals surface area contributed by atoms with Crippen LogP contribution in [-0.2, 0) is 4.74 Å². The van der Waals surface area contributed by atoms with Crippen molar-refractivity contribution in [1.29, 1.82) is 0 Å². The lowest BCUT2D eigenvalue weighted by atomic mass is 9.42. The second kappa shape index (κ2) is 5.77. The molecule has 10 atom stereocenters. The molecule has 0 bridgehead atoms. The normalized spacial score (nSPS) is 56.4. The predicted octanol–water partition coefficient (Wildman–Crippen LogP) is 2.34. The van der Waals surface area contributed by atoms with Gasteiger partial charge < -0.3 is 24.5 Å². The molecule has 1 aliphatic heterocycles. The maximum Gasteiger partial charge on any atom is 0.335 e. The highest BCUT2D eigenvalue weighted by molar-refractivity contribution is 5.38. The van der Waals surface area contributed by atoms with E-state index < -0.39 is 17.8 Å². The first-order chi connectivity index (χ1) is 14.2. The van der Waals surface area contributed by atoms with Gasteiger partial charge in [-0.25, -0.2) is 4.79 Å². The Morgan fingerprint density at radius 3 is 2.47 bits per heavy atom. The van der Waals surface area contributed by atoms with Crippen LogP contribution in [0, 0.1) is 22.7 Å². The predicted molar refractivity (Wildman–Crippen MR) is 108 cm³/mol. The molecule has 0 aromatic carbocycles. The smallest absolute Gasteiger partial charge is 0.335 e. The Balaban J connectivity index is 1.40. The lowest BCUT2D eigenvalue weighted by Crippen LogP contribution is -2.65. The molecule has 4 aliphatic carbocycles. The molecule has 30 heavy (non-hydrogen) atoms. The van der Waals surface area contributed by atoms with Gasteiger partial charge in [-0.1, -0.05) is 13.8 Å². The van der Waals surface area contributed by atoms with Gasteiger partial charge in [0.15, 0.2) is 0 Å². The Hall–Kier alpha value is -1.21. The van der Waals surface area contributed by atoms with Gasteiger partial charge in [-0.2, -0.15) is 0 Å². The maximum absolute atomic E-state index is 11.6. The number of rotatable bonds is 1. The third-order valence-corrected chi connectivity index (χ3v) is 10.3. The van der Waals surface area contributed by atoms with Gasteiger partial charge in [0.1, 0.15) is 11.7 Å². The number of hydrogen-bond acceptors (Lipinski definition) is 6. The summed E-state index contributed by atoms with van der Waals surface area (Å²) in [5, 5.41) is 33.1. The van der Waals surface area contributed by atoms with Gasteiger partial charge in [-0.05, 0) is 67.4 Å². The number of ether oxygens (including phenoxy) is 1. The Morgan fingerprint density at radius 1 is 1.00 bits per heavy atom. The Morgan fingerprint density at radius 2 is 1.73 bits per heavy atom. The summed E-state index contributed by atoms with van der Waals surface area (Å²) in [4.78, 5) is 11.5. The Bertz CT molecular complexity index is 923. The van der Waals surface area contributed by atoms with E-state index in [-0.39, 0.29) is 40.0 Å². The molecule has 5 fully saturated rings. The van der Waals surface area contributed by atoms with Gasteiger partial charge in [0.25, 0.3) is 0 Å². The Labute approximate surface area is 176 Å². The number of fused-ring (bicyclic) bond motifs is 3. The molecular formula is C24H32O6. The summed E-state index contributed by atoms with van der Waals surface area (Å²) in [6.07, 6.45) is 5.74. The van der Waals surface area contributed by atoms with E-state index in [1.54, 1.807) is 6.07 Å². The topological polar surface area (TPSA) is 103 Å². The molecule has 6 heteroatoms. The van der Waals surface area contributed by atoms with E-state index >= 15 is 0 Å². The average molecular weight is 417 g/mol. The van der Waals surface area contributed by atoms with Gasteiger partial charge in [0.2, 0.25) is 0 Å². The first-order valence-electron chi connectivity index (χ1n) is 11.5. The van der Waals surface area contributed by atoms with Crippen molar-refractivity contribution in [2.45, 2.75) is 94.2 Å². The lowest BCUT2D eigenvalue weighted by molar-refractivity contribution is -0.224. The molecule has 4 saturated carbocycles. The van der Waals surface area contributed by atoms with Gasteiger partial charge >= 0.3 is 5.63 Å². The van der Waals surface area contributed by atoms with Crippen molar-refractivity contribution in [1.82, 2.24) is 0 Å². The van der Waals surface area contributed by atoms with Crippen LogP contribution in [0.2, 0.25) is 0 Å². The first kappa shape index (κ1) is 19.5. The van der Waals surface area contributed by atoms with Crippen LogP contribution in [0.4, 0.5) is 0 Å². The van der Waals surface area contributed by atoms with E-state index in [0.717, 1.165) is 37.7 Å². The first-order valence-corrected chi connectivity index (χ1v) is 11.5. The average Bonchev–Trinajstić information content (AvgIpc) is 3.41. The minimum Gasteiger partial charge on any atom is -0.431 e. The Kier molecular flexibility index (Phi) is 3.75. The zero-order valence-corrected chi connectivity index (χ0v) is 17.7. The lowest BCUT2D eigenvalue weighted by Gasteiger charge is -2.63. The van der Waals surface area contributed by atoms with Gasteiger partial charge in [-0.15, -0.1) is 0 Å². The van der Waals surface area contributed by atoms with Gasteiger partial charge in [0, 0.05) is 23.8 Å². The van der Waals surface area contributed by atoms with Crippen molar-refractivity contribution < 1.29 is 24.5 Å². The molecule has 3 N–H and O–H groups in total. The molecule has 6 nitrogen and oxygen atoms in total. The zero-order chi connectivity index (χ0) is 21.1. The zero-order valence-electron chi connectivity index (χ0n) is 17.7. The fourth-order valence-electron chi connectivity index (χ4n) is 8.81. The standard InChI is InChI=1S/C24H32O6/c1-21-8-5-14(25)11-23(21,28)10-7-16-15(21)6-9-22(2)18(13-3-4-17(26)29-12-13)19(27)20-24(16,22)30-20/h3-4,12,14-16,18-20,25,27-28H,5-11H2,1-2H3/t14-,15+,16-,18+,19-,20-,21+,22+,23+,24+/m0/s1. The SMILES string of the molecule is C[C@]12CC[C@H](O)C[C@]1(O)CC[C@H]1[C@H]2CC[C@]2(C)[C@H](c3ccc(=O)oc3)[C@H](O)[C@@H]3O[C@]132.